The van der Waals surface area contributed by atoms with Gasteiger partial charge in [-0.1, -0.05) is 13.0 Å². The van der Waals surface area contributed by atoms with Gasteiger partial charge in [0.2, 0.25) is 0 Å². The molecular formula is C15H21NO2S. The first-order chi connectivity index (χ1) is 8.88. The van der Waals surface area contributed by atoms with Crippen LogP contribution in [-0.4, -0.2) is 8.96 Å². The average Bonchev–Trinajstić information content (AvgIpc) is 2.74. The Morgan fingerprint density at radius 2 is 2.11 bits per heavy atom. The van der Waals surface area contributed by atoms with Crippen LogP contribution in [0, 0.1) is 5.92 Å². The molecule has 0 fully saturated rings. The predicted molar refractivity (Wildman–Crippen MR) is 80.1 cm³/mol. The summed E-state index contributed by atoms with van der Waals surface area (Å²) in [5, 5.41) is 6.66. The topological polar surface area (TPSA) is 56.2 Å². The molecule has 0 saturated heterocycles. The molecule has 0 aliphatic rings. The van der Waals surface area contributed by atoms with Gasteiger partial charge in [-0.25, -0.2) is 4.21 Å². The Bertz CT molecular complexity index is 589. The minimum Gasteiger partial charge on any atom is -0.464 e. The van der Waals surface area contributed by atoms with E-state index in [9.17, 15) is 4.21 Å². The number of benzene rings is 1. The van der Waals surface area contributed by atoms with E-state index in [2.05, 4.69) is 19.1 Å². The Morgan fingerprint density at radius 3 is 2.79 bits per heavy atom. The quantitative estimate of drug-likeness (QED) is 0.912. The Hall–Kier alpha value is -1.13. The van der Waals surface area contributed by atoms with E-state index in [-0.39, 0.29) is 4.75 Å². The zero-order valence-electron chi connectivity index (χ0n) is 11.7. The van der Waals surface area contributed by atoms with E-state index in [0.29, 0.717) is 5.92 Å². The van der Waals surface area contributed by atoms with Crippen molar-refractivity contribution in [2.24, 2.45) is 11.1 Å². The zero-order chi connectivity index (χ0) is 14.0. The van der Waals surface area contributed by atoms with Gasteiger partial charge in [0.25, 0.3) is 0 Å². The van der Waals surface area contributed by atoms with Gasteiger partial charge >= 0.3 is 0 Å². The fraction of sp³-hybridized carbons (Fsp3) is 0.467. The highest BCUT2D eigenvalue weighted by Crippen LogP contribution is 2.25. The van der Waals surface area contributed by atoms with Crippen LogP contribution < -0.4 is 5.14 Å². The lowest BCUT2D eigenvalue weighted by Gasteiger charge is -2.25. The second-order valence-electron chi connectivity index (χ2n) is 5.86. The summed E-state index contributed by atoms with van der Waals surface area (Å²) in [5.41, 5.74) is 2.19. The Labute approximate surface area is 116 Å². The van der Waals surface area contributed by atoms with Crippen molar-refractivity contribution in [3.8, 4) is 0 Å². The van der Waals surface area contributed by atoms with E-state index < -0.39 is 11.0 Å². The largest absolute Gasteiger partial charge is 0.464 e. The molecule has 0 bridgehead atoms. The van der Waals surface area contributed by atoms with Gasteiger partial charge < -0.3 is 4.42 Å². The lowest BCUT2D eigenvalue weighted by molar-refractivity contribution is 0.455. The first-order valence-electron chi connectivity index (χ1n) is 6.51. The molecule has 0 spiro atoms. The summed E-state index contributed by atoms with van der Waals surface area (Å²) >= 11 is 0. The molecule has 0 radical (unpaired) electrons. The van der Waals surface area contributed by atoms with Crippen molar-refractivity contribution in [3.63, 3.8) is 0 Å². The average molecular weight is 279 g/mol. The van der Waals surface area contributed by atoms with Gasteiger partial charge in [-0.15, -0.1) is 0 Å². The van der Waals surface area contributed by atoms with Crippen LogP contribution in [0.1, 0.15) is 32.8 Å². The predicted octanol–water partition coefficient (Wildman–Crippen LogP) is 3.40. The third-order valence-corrected chi connectivity index (χ3v) is 4.74. The van der Waals surface area contributed by atoms with Gasteiger partial charge in [-0.05, 0) is 56.4 Å². The Balaban J connectivity index is 2.06. The fourth-order valence-electron chi connectivity index (χ4n) is 2.54. The van der Waals surface area contributed by atoms with E-state index >= 15 is 0 Å². The summed E-state index contributed by atoms with van der Waals surface area (Å²) in [5.74, 6) is 0.437. The van der Waals surface area contributed by atoms with Crippen LogP contribution in [0.15, 0.2) is 34.9 Å². The van der Waals surface area contributed by atoms with Crippen LogP contribution >= 0.6 is 0 Å². The highest BCUT2D eigenvalue weighted by Gasteiger charge is 2.26. The molecule has 1 aromatic carbocycles. The summed E-state index contributed by atoms with van der Waals surface area (Å²) in [4.78, 5) is 0. The number of rotatable bonds is 5. The van der Waals surface area contributed by atoms with Gasteiger partial charge in [0.15, 0.2) is 0 Å². The van der Waals surface area contributed by atoms with Crippen molar-refractivity contribution in [1.82, 2.24) is 0 Å². The Morgan fingerprint density at radius 1 is 1.37 bits per heavy atom. The van der Waals surface area contributed by atoms with Crippen LogP contribution in [0.5, 0.6) is 0 Å². The highest BCUT2D eigenvalue weighted by molar-refractivity contribution is 7.84. The number of fused-ring (bicyclic) bond motifs is 1. The Kier molecular flexibility index (Phi) is 4.11. The standard InChI is InChI=1S/C15H21NO2S/c1-11(10-15(2,3)19(16)17)8-12-4-5-14-13(9-12)6-7-18-14/h4-7,9,11H,8,10,16H2,1-3H3/t11-,19?/m1/s1. The van der Waals surface area contributed by atoms with Crippen molar-refractivity contribution in [3.05, 3.63) is 36.1 Å². The molecule has 2 rings (SSSR count). The van der Waals surface area contributed by atoms with E-state index in [1.165, 1.54) is 5.56 Å². The van der Waals surface area contributed by atoms with E-state index in [0.717, 1.165) is 23.8 Å². The maximum Gasteiger partial charge on any atom is 0.133 e. The third kappa shape index (κ3) is 3.45. The van der Waals surface area contributed by atoms with Crippen molar-refractivity contribution in [2.75, 3.05) is 0 Å². The van der Waals surface area contributed by atoms with Gasteiger partial charge in [0, 0.05) is 5.39 Å². The van der Waals surface area contributed by atoms with Crippen molar-refractivity contribution < 1.29 is 8.63 Å². The number of hydrogen-bond donors (Lipinski definition) is 1. The molecule has 0 amide bonds. The summed E-state index contributed by atoms with van der Waals surface area (Å²) in [7, 11) is -1.29. The van der Waals surface area contributed by atoms with Crippen molar-refractivity contribution in [1.29, 1.82) is 0 Å². The summed E-state index contributed by atoms with van der Waals surface area (Å²) in [6, 6.07) is 8.22. The second kappa shape index (κ2) is 5.47. The van der Waals surface area contributed by atoms with Crippen LogP contribution in [0.3, 0.4) is 0 Å². The summed E-state index contributed by atoms with van der Waals surface area (Å²) in [6.45, 7) is 6.09. The second-order valence-corrected chi connectivity index (χ2v) is 7.56. The summed E-state index contributed by atoms with van der Waals surface area (Å²) in [6.07, 6.45) is 3.51. The third-order valence-electron chi connectivity index (χ3n) is 3.49. The minimum atomic E-state index is -1.29. The summed E-state index contributed by atoms with van der Waals surface area (Å²) < 4.78 is 16.5. The number of furan rings is 1. The molecule has 1 heterocycles. The molecule has 2 aromatic rings. The van der Waals surface area contributed by atoms with E-state index in [1.807, 2.05) is 26.0 Å². The fourth-order valence-corrected chi connectivity index (χ4v) is 2.99. The normalized spacial score (nSPS) is 15.6. The van der Waals surface area contributed by atoms with Crippen LogP contribution in [0.2, 0.25) is 0 Å². The highest BCUT2D eigenvalue weighted by atomic mass is 32.2. The first kappa shape index (κ1) is 14.3. The smallest absolute Gasteiger partial charge is 0.133 e. The van der Waals surface area contributed by atoms with Crippen molar-refractivity contribution in [2.45, 2.75) is 38.4 Å². The minimum absolute atomic E-state index is 0.334. The first-order valence-corrected chi connectivity index (χ1v) is 7.72. The number of hydrogen-bond acceptors (Lipinski definition) is 2. The molecule has 104 valence electrons. The molecule has 1 unspecified atom stereocenters. The van der Waals surface area contributed by atoms with Crippen LogP contribution in [-0.2, 0) is 17.4 Å². The monoisotopic (exact) mass is 279 g/mol. The molecule has 3 nitrogen and oxygen atoms in total. The number of nitrogens with two attached hydrogens (primary N) is 1. The maximum atomic E-state index is 11.5. The molecule has 19 heavy (non-hydrogen) atoms. The van der Waals surface area contributed by atoms with Gasteiger partial charge in [0.1, 0.15) is 5.58 Å². The lowest BCUT2D eigenvalue weighted by Crippen LogP contribution is -2.34. The molecule has 2 atom stereocenters. The van der Waals surface area contributed by atoms with Crippen LogP contribution in [0.4, 0.5) is 0 Å². The molecule has 1 aromatic heterocycles. The molecule has 4 heteroatoms. The molecular weight excluding hydrogens is 258 g/mol. The van der Waals surface area contributed by atoms with Gasteiger partial charge in [0.05, 0.1) is 22.0 Å². The molecule has 0 aliphatic carbocycles. The lowest BCUT2D eigenvalue weighted by atomic mass is 9.92. The van der Waals surface area contributed by atoms with E-state index in [4.69, 9.17) is 9.56 Å². The van der Waals surface area contributed by atoms with Gasteiger partial charge in [-0.3, -0.25) is 5.14 Å². The van der Waals surface area contributed by atoms with Crippen molar-refractivity contribution >= 4 is 22.0 Å². The molecule has 2 N–H and O–H groups in total. The van der Waals surface area contributed by atoms with Crippen LogP contribution in [0.25, 0.3) is 11.0 Å². The van der Waals surface area contributed by atoms with E-state index in [1.54, 1.807) is 6.26 Å². The van der Waals surface area contributed by atoms with Gasteiger partial charge in [-0.2, -0.15) is 0 Å². The molecule has 0 aliphatic heterocycles. The maximum absolute atomic E-state index is 11.5. The molecule has 0 saturated carbocycles. The SMILES string of the molecule is C[C@H](Cc1ccc2occc2c1)CC(C)(C)S(N)=O. The zero-order valence-corrected chi connectivity index (χ0v) is 12.5.